The van der Waals surface area contributed by atoms with Gasteiger partial charge in [0.2, 0.25) is 5.91 Å². The molecule has 0 radical (unpaired) electrons. The topological polar surface area (TPSA) is 29.1 Å². The Balaban J connectivity index is 2.40. The molecule has 2 rings (SSSR count). The molecular weight excluding hydrogens is 314 g/mol. The number of anilines is 1. The van der Waals surface area contributed by atoms with E-state index in [0.717, 1.165) is 20.9 Å². The number of alkyl halides is 1. The maximum absolute atomic E-state index is 11.9. The van der Waals surface area contributed by atoms with Gasteiger partial charge >= 0.3 is 0 Å². The van der Waals surface area contributed by atoms with Gasteiger partial charge in [0.15, 0.2) is 0 Å². The Bertz CT molecular complexity index is 585. The van der Waals surface area contributed by atoms with Gasteiger partial charge in [0.25, 0.3) is 0 Å². The molecule has 2 aromatic rings. The van der Waals surface area contributed by atoms with E-state index in [0.29, 0.717) is 5.88 Å². The molecule has 0 aliphatic rings. The molecule has 0 fully saturated rings. The third-order valence-corrected chi connectivity index (χ3v) is 3.96. The number of hydrogen-bond donors (Lipinski definition) is 1. The van der Waals surface area contributed by atoms with Gasteiger partial charge in [-0.25, -0.2) is 0 Å². The van der Waals surface area contributed by atoms with Gasteiger partial charge in [0.1, 0.15) is 0 Å². The Kier molecular flexibility index (Phi) is 4.25. The number of halogens is 2. The highest BCUT2D eigenvalue weighted by Crippen LogP contribution is 2.30. The zero-order valence-electron chi connectivity index (χ0n) is 9.91. The summed E-state index contributed by atoms with van der Waals surface area (Å²) in [6.45, 7) is 1.81. The lowest BCUT2D eigenvalue weighted by Crippen LogP contribution is -2.21. The lowest BCUT2D eigenvalue weighted by molar-refractivity contribution is -0.118. The van der Waals surface area contributed by atoms with Crippen molar-refractivity contribution < 1.29 is 4.79 Å². The number of carbonyl (C=O) groups is 1. The van der Waals surface area contributed by atoms with Crippen LogP contribution < -0.4 is 5.32 Å². The van der Waals surface area contributed by atoms with E-state index in [2.05, 4.69) is 21.2 Å². The normalized spacial score (nSPS) is 12.4. The van der Waals surface area contributed by atoms with E-state index in [9.17, 15) is 4.79 Å². The minimum atomic E-state index is -0.200. The van der Waals surface area contributed by atoms with Crippen LogP contribution in [0, 0.1) is 5.92 Å². The fourth-order valence-electron chi connectivity index (χ4n) is 1.70. The highest BCUT2D eigenvalue weighted by Gasteiger charge is 2.13. The highest BCUT2D eigenvalue weighted by atomic mass is 79.9. The number of benzene rings is 2. The van der Waals surface area contributed by atoms with E-state index in [1.165, 1.54) is 0 Å². The van der Waals surface area contributed by atoms with Gasteiger partial charge in [-0.1, -0.05) is 47.1 Å². The van der Waals surface area contributed by atoms with Crippen molar-refractivity contribution in [1.29, 1.82) is 0 Å². The number of nitrogens with one attached hydrogen (secondary N) is 1. The number of amides is 1. The van der Waals surface area contributed by atoms with Gasteiger partial charge < -0.3 is 5.32 Å². The van der Waals surface area contributed by atoms with Gasteiger partial charge in [-0.3, -0.25) is 4.79 Å². The molecule has 0 aliphatic heterocycles. The quantitative estimate of drug-likeness (QED) is 0.831. The third kappa shape index (κ3) is 2.68. The molecule has 0 bridgehead atoms. The van der Waals surface area contributed by atoms with E-state index < -0.39 is 0 Å². The van der Waals surface area contributed by atoms with Crippen LogP contribution >= 0.6 is 27.5 Å². The van der Waals surface area contributed by atoms with E-state index >= 15 is 0 Å². The molecule has 2 nitrogen and oxygen atoms in total. The first-order valence-corrected chi connectivity index (χ1v) is 7.00. The number of fused-ring (bicyclic) bond motifs is 1. The number of hydrogen-bond acceptors (Lipinski definition) is 1. The van der Waals surface area contributed by atoms with Crippen LogP contribution in [0.1, 0.15) is 6.92 Å². The third-order valence-electron chi connectivity index (χ3n) is 2.81. The van der Waals surface area contributed by atoms with E-state index in [-0.39, 0.29) is 11.8 Å². The zero-order valence-corrected chi connectivity index (χ0v) is 12.3. The van der Waals surface area contributed by atoms with Crippen LogP contribution in [0.25, 0.3) is 10.8 Å². The van der Waals surface area contributed by atoms with E-state index in [1.54, 1.807) is 0 Å². The van der Waals surface area contributed by atoms with Crippen LogP contribution in [-0.2, 0) is 4.79 Å². The first kappa shape index (κ1) is 13.4. The average Bonchev–Trinajstić information content (AvgIpc) is 2.41. The van der Waals surface area contributed by atoms with Gasteiger partial charge in [-0.05, 0) is 17.5 Å². The largest absolute Gasteiger partial charge is 0.325 e. The zero-order chi connectivity index (χ0) is 13.1. The monoisotopic (exact) mass is 325 g/mol. The summed E-state index contributed by atoms with van der Waals surface area (Å²) in [6, 6.07) is 11.8. The van der Waals surface area contributed by atoms with Crippen LogP contribution in [0.4, 0.5) is 5.69 Å². The average molecular weight is 327 g/mol. The van der Waals surface area contributed by atoms with Crippen molar-refractivity contribution in [2.24, 2.45) is 5.92 Å². The number of rotatable bonds is 3. The summed E-state index contributed by atoms with van der Waals surface area (Å²) in [5.74, 6) is 0.0619. The minimum absolute atomic E-state index is 0.0579. The molecule has 0 aromatic heterocycles. The van der Waals surface area contributed by atoms with Gasteiger partial charge in [-0.15, -0.1) is 11.6 Å². The molecule has 0 aliphatic carbocycles. The van der Waals surface area contributed by atoms with Crippen molar-refractivity contribution in [2.45, 2.75) is 6.92 Å². The molecule has 1 atom stereocenters. The molecule has 18 heavy (non-hydrogen) atoms. The van der Waals surface area contributed by atoms with Crippen LogP contribution in [0.2, 0.25) is 0 Å². The first-order valence-electron chi connectivity index (χ1n) is 5.67. The highest BCUT2D eigenvalue weighted by molar-refractivity contribution is 9.10. The molecule has 0 saturated heterocycles. The first-order chi connectivity index (χ1) is 8.63. The second-order valence-electron chi connectivity index (χ2n) is 4.19. The lowest BCUT2D eigenvalue weighted by Gasteiger charge is -2.12. The Morgan fingerprint density at radius 3 is 2.61 bits per heavy atom. The molecule has 1 amide bonds. The SMILES string of the molecule is CC(CCl)C(=O)Nc1ccc(Br)c2ccccc12. The molecule has 2 aromatic carbocycles. The predicted octanol–water partition coefficient (Wildman–Crippen LogP) is 4.42. The van der Waals surface area contributed by atoms with Crippen LogP contribution in [0.3, 0.4) is 0 Å². The Morgan fingerprint density at radius 2 is 1.94 bits per heavy atom. The molecule has 0 spiro atoms. The summed E-state index contributed by atoms with van der Waals surface area (Å²) in [6.07, 6.45) is 0. The summed E-state index contributed by atoms with van der Waals surface area (Å²) in [5, 5.41) is 5.01. The second-order valence-corrected chi connectivity index (χ2v) is 5.35. The van der Waals surface area contributed by atoms with Crippen molar-refractivity contribution in [3.63, 3.8) is 0 Å². The number of carbonyl (C=O) groups excluding carboxylic acids is 1. The molecule has 1 unspecified atom stereocenters. The summed E-state index contributed by atoms with van der Waals surface area (Å²) in [5.41, 5.74) is 0.816. The molecule has 0 saturated carbocycles. The standard InChI is InChI=1S/C14H13BrClNO/c1-9(8-16)14(18)17-13-7-6-12(15)10-4-2-3-5-11(10)13/h2-7,9H,8H2,1H3,(H,17,18). The fraction of sp³-hybridized carbons (Fsp3) is 0.214. The lowest BCUT2D eigenvalue weighted by atomic mass is 10.1. The Hall–Kier alpha value is -1.06. The van der Waals surface area contributed by atoms with E-state index in [4.69, 9.17) is 11.6 Å². The molecule has 0 heterocycles. The van der Waals surface area contributed by atoms with Crippen LogP contribution in [-0.4, -0.2) is 11.8 Å². The molecular formula is C14H13BrClNO. The maximum Gasteiger partial charge on any atom is 0.228 e. The van der Waals surface area contributed by atoms with Crippen molar-refractivity contribution in [3.05, 3.63) is 40.9 Å². The van der Waals surface area contributed by atoms with Crippen molar-refractivity contribution in [1.82, 2.24) is 0 Å². The molecule has 4 heteroatoms. The van der Waals surface area contributed by atoms with Crippen molar-refractivity contribution in [2.75, 3.05) is 11.2 Å². The maximum atomic E-state index is 11.9. The van der Waals surface area contributed by atoms with Gasteiger partial charge in [-0.2, -0.15) is 0 Å². The van der Waals surface area contributed by atoms with Crippen molar-refractivity contribution in [3.8, 4) is 0 Å². The van der Waals surface area contributed by atoms with E-state index in [1.807, 2.05) is 43.3 Å². The van der Waals surface area contributed by atoms with Crippen LogP contribution in [0.5, 0.6) is 0 Å². The van der Waals surface area contributed by atoms with Crippen molar-refractivity contribution >= 4 is 49.9 Å². The fourth-order valence-corrected chi connectivity index (χ4v) is 2.32. The van der Waals surface area contributed by atoms with Crippen LogP contribution in [0.15, 0.2) is 40.9 Å². The molecule has 1 N–H and O–H groups in total. The minimum Gasteiger partial charge on any atom is -0.325 e. The Labute approximate surface area is 119 Å². The summed E-state index contributed by atoms with van der Waals surface area (Å²) < 4.78 is 1.02. The summed E-state index contributed by atoms with van der Waals surface area (Å²) >= 11 is 9.19. The van der Waals surface area contributed by atoms with Gasteiger partial charge in [0, 0.05) is 27.3 Å². The second kappa shape index (κ2) is 5.72. The summed E-state index contributed by atoms with van der Waals surface area (Å²) in [7, 11) is 0. The smallest absolute Gasteiger partial charge is 0.228 e. The molecule has 94 valence electrons. The summed E-state index contributed by atoms with van der Waals surface area (Å²) in [4.78, 5) is 11.9. The Morgan fingerprint density at radius 1 is 1.28 bits per heavy atom. The van der Waals surface area contributed by atoms with Gasteiger partial charge in [0.05, 0.1) is 0 Å². The predicted molar refractivity (Wildman–Crippen MR) is 80.2 cm³/mol.